The van der Waals surface area contributed by atoms with Crippen LogP contribution >= 0.6 is 0 Å². The number of nitrogens with one attached hydrogen (secondary N) is 1. The predicted molar refractivity (Wildman–Crippen MR) is 63.2 cm³/mol. The third-order valence-electron chi connectivity index (χ3n) is 2.39. The number of carbonyl (C=O) groups is 1. The number of para-hydroxylation sites is 1. The van der Waals surface area contributed by atoms with Crippen LogP contribution in [0.3, 0.4) is 0 Å². The summed E-state index contributed by atoms with van der Waals surface area (Å²) in [7, 11) is 3.58. The number of aromatic nitrogens is 2. The summed E-state index contributed by atoms with van der Waals surface area (Å²) in [6.07, 6.45) is 3.08. The average Bonchev–Trinajstić information content (AvgIpc) is 2.65. The van der Waals surface area contributed by atoms with Gasteiger partial charge in [0.05, 0.1) is 5.52 Å². The molecule has 16 heavy (non-hydrogen) atoms. The summed E-state index contributed by atoms with van der Waals surface area (Å²) in [6.45, 7) is 0. The van der Waals surface area contributed by atoms with Crippen LogP contribution in [0.25, 0.3) is 10.9 Å². The highest BCUT2D eigenvalue weighted by atomic mass is 16.1. The first-order valence-corrected chi connectivity index (χ1v) is 5.04. The van der Waals surface area contributed by atoms with Gasteiger partial charge in [-0.25, -0.2) is 0 Å². The first-order chi connectivity index (χ1) is 7.74. The lowest BCUT2D eigenvalue weighted by molar-refractivity contribution is 0.104. The van der Waals surface area contributed by atoms with Crippen LogP contribution < -0.4 is 5.32 Å². The Hall–Kier alpha value is -2.10. The lowest BCUT2D eigenvalue weighted by Crippen LogP contribution is -2.01. The number of allylic oxidation sites excluding steroid dienone is 1. The van der Waals surface area contributed by atoms with Crippen LogP contribution in [0, 0.1) is 0 Å². The number of ketones is 1. The molecule has 0 aliphatic rings. The van der Waals surface area contributed by atoms with Gasteiger partial charge in [-0.15, -0.1) is 0 Å². The first-order valence-electron chi connectivity index (χ1n) is 5.04. The molecule has 0 aliphatic carbocycles. The number of fused-ring (bicyclic) bond motifs is 1. The zero-order valence-electron chi connectivity index (χ0n) is 9.27. The Morgan fingerprint density at radius 2 is 2.19 bits per heavy atom. The third kappa shape index (κ3) is 1.69. The maximum absolute atomic E-state index is 11.8. The molecule has 0 saturated carbocycles. The molecule has 0 bridgehead atoms. The third-order valence-corrected chi connectivity index (χ3v) is 2.39. The fourth-order valence-corrected chi connectivity index (χ4v) is 1.63. The molecular formula is C12H13N3O. The highest BCUT2D eigenvalue weighted by molar-refractivity contribution is 6.11. The SMILES string of the molecule is CN/C=C/C(=O)c1nn(C)c2ccccc12. The summed E-state index contributed by atoms with van der Waals surface area (Å²) >= 11 is 0. The van der Waals surface area contributed by atoms with Gasteiger partial charge in [-0.05, 0) is 6.07 Å². The van der Waals surface area contributed by atoms with Crippen molar-refractivity contribution < 1.29 is 4.79 Å². The molecule has 1 N–H and O–H groups in total. The van der Waals surface area contributed by atoms with Crippen molar-refractivity contribution >= 4 is 16.7 Å². The van der Waals surface area contributed by atoms with Crippen LogP contribution in [0.15, 0.2) is 36.5 Å². The Morgan fingerprint density at radius 3 is 2.94 bits per heavy atom. The summed E-state index contributed by atoms with van der Waals surface area (Å²) in [5, 5.41) is 7.90. The zero-order valence-corrected chi connectivity index (χ0v) is 9.27. The molecule has 0 atom stereocenters. The maximum atomic E-state index is 11.8. The second kappa shape index (κ2) is 4.18. The highest BCUT2D eigenvalue weighted by Crippen LogP contribution is 2.17. The molecule has 1 aromatic carbocycles. The van der Waals surface area contributed by atoms with Crippen molar-refractivity contribution in [3.05, 3.63) is 42.2 Å². The fraction of sp³-hybridized carbons (Fsp3) is 0.167. The molecule has 0 aliphatic heterocycles. The Balaban J connectivity index is 2.53. The summed E-state index contributed by atoms with van der Waals surface area (Å²) in [5.41, 5.74) is 1.45. The van der Waals surface area contributed by atoms with E-state index in [1.807, 2.05) is 31.3 Å². The molecule has 82 valence electrons. The van der Waals surface area contributed by atoms with Gasteiger partial charge < -0.3 is 5.32 Å². The van der Waals surface area contributed by atoms with Crippen molar-refractivity contribution in [2.45, 2.75) is 0 Å². The molecule has 4 nitrogen and oxygen atoms in total. The van der Waals surface area contributed by atoms with Gasteiger partial charge in [-0.3, -0.25) is 9.48 Å². The molecule has 2 rings (SSSR count). The van der Waals surface area contributed by atoms with E-state index in [0.717, 1.165) is 10.9 Å². The van der Waals surface area contributed by atoms with E-state index in [1.54, 1.807) is 17.9 Å². The summed E-state index contributed by atoms with van der Waals surface area (Å²) < 4.78 is 1.72. The fourth-order valence-electron chi connectivity index (χ4n) is 1.63. The van der Waals surface area contributed by atoms with Crippen molar-refractivity contribution in [3.8, 4) is 0 Å². The Bertz CT molecular complexity index is 554. The van der Waals surface area contributed by atoms with Crippen molar-refractivity contribution in [2.24, 2.45) is 7.05 Å². The van der Waals surface area contributed by atoms with Crippen LogP contribution in [0.1, 0.15) is 10.5 Å². The number of aryl methyl sites for hydroxylation is 1. The van der Waals surface area contributed by atoms with E-state index in [2.05, 4.69) is 10.4 Å². The minimum atomic E-state index is -0.0915. The van der Waals surface area contributed by atoms with Crippen LogP contribution in [-0.2, 0) is 7.05 Å². The van der Waals surface area contributed by atoms with Crippen molar-refractivity contribution in [2.75, 3.05) is 7.05 Å². The van der Waals surface area contributed by atoms with E-state index in [-0.39, 0.29) is 5.78 Å². The number of hydrogen-bond donors (Lipinski definition) is 1. The molecule has 1 aromatic heterocycles. The second-order valence-electron chi connectivity index (χ2n) is 3.48. The maximum Gasteiger partial charge on any atom is 0.208 e. The minimum Gasteiger partial charge on any atom is -0.394 e. The number of rotatable bonds is 3. The molecule has 0 fully saturated rings. The van der Waals surface area contributed by atoms with Crippen molar-refractivity contribution in [1.82, 2.24) is 15.1 Å². The van der Waals surface area contributed by atoms with Gasteiger partial charge in [0.15, 0.2) is 0 Å². The van der Waals surface area contributed by atoms with E-state index in [0.29, 0.717) is 5.69 Å². The van der Waals surface area contributed by atoms with E-state index < -0.39 is 0 Å². The van der Waals surface area contributed by atoms with Gasteiger partial charge in [0.25, 0.3) is 0 Å². The normalized spacial score (nSPS) is 11.1. The zero-order chi connectivity index (χ0) is 11.5. The average molecular weight is 215 g/mol. The molecule has 4 heteroatoms. The Morgan fingerprint density at radius 1 is 1.44 bits per heavy atom. The van der Waals surface area contributed by atoms with Crippen LogP contribution in [0.4, 0.5) is 0 Å². The van der Waals surface area contributed by atoms with Crippen LogP contribution in [0.2, 0.25) is 0 Å². The van der Waals surface area contributed by atoms with Gasteiger partial charge in [-0.1, -0.05) is 18.2 Å². The number of nitrogens with zero attached hydrogens (tertiary/aromatic N) is 2. The number of benzene rings is 1. The minimum absolute atomic E-state index is 0.0915. The molecular weight excluding hydrogens is 202 g/mol. The molecule has 0 amide bonds. The number of hydrogen-bond acceptors (Lipinski definition) is 3. The topological polar surface area (TPSA) is 46.9 Å². The van der Waals surface area contributed by atoms with Gasteiger partial charge in [-0.2, -0.15) is 5.10 Å². The molecule has 2 aromatic rings. The smallest absolute Gasteiger partial charge is 0.208 e. The van der Waals surface area contributed by atoms with E-state index in [4.69, 9.17) is 0 Å². The molecule has 1 heterocycles. The summed E-state index contributed by atoms with van der Waals surface area (Å²) in [4.78, 5) is 11.8. The Labute approximate surface area is 93.6 Å². The standard InChI is InChI=1S/C12H13N3O/c1-13-8-7-11(16)12-9-5-3-4-6-10(9)15(2)14-12/h3-8,13H,1-2H3/b8-7+. The van der Waals surface area contributed by atoms with E-state index in [1.165, 1.54) is 6.08 Å². The second-order valence-corrected chi connectivity index (χ2v) is 3.48. The molecule has 0 radical (unpaired) electrons. The van der Waals surface area contributed by atoms with Gasteiger partial charge in [0.1, 0.15) is 5.69 Å². The first kappa shape index (κ1) is 10.4. The van der Waals surface area contributed by atoms with E-state index in [9.17, 15) is 4.79 Å². The highest BCUT2D eigenvalue weighted by Gasteiger charge is 2.12. The largest absolute Gasteiger partial charge is 0.394 e. The lowest BCUT2D eigenvalue weighted by Gasteiger charge is -1.91. The summed E-state index contributed by atoms with van der Waals surface area (Å²) in [6, 6.07) is 7.69. The Kier molecular flexibility index (Phi) is 2.72. The molecule has 0 spiro atoms. The van der Waals surface area contributed by atoms with Gasteiger partial charge in [0, 0.05) is 31.8 Å². The summed E-state index contributed by atoms with van der Waals surface area (Å²) in [5.74, 6) is -0.0915. The van der Waals surface area contributed by atoms with E-state index >= 15 is 0 Å². The van der Waals surface area contributed by atoms with Crippen LogP contribution in [-0.4, -0.2) is 22.6 Å². The van der Waals surface area contributed by atoms with Gasteiger partial charge >= 0.3 is 0 Å². The molecule has 0 unspecified atom stereocenters. The quantitative estimate of drug-likeness (QED) is 0.623. The molecule has 0 saturated heterocycles. The number of carbonyl (C=O) groups excluding carboxylic acids is 1. The lowest BCUT2D eigenvalue weighted by atomic mass is 10.1. The van der Waals surface area contributed by atoms with Crippen molar-refractivity contribution in [1.29, 1.82) is 0 Å². The van der Waals surface area contributed by atoms with Crippen molar-refractivity contribution in [3.63, 3.8) is 0 Å². The predicted octanol–water partition coefficient (Wildman–Crippen LogP) is 1.49. The van der Waals surface area contributed by atoms with Gasteiger partial charge in [0.2, 0.25) is 5.78 Å². The van der Waals surface area contributed by atoms with Crippen LogP contribution in [0.5, 0.6) is 0 Å². The monoisotopic (exact) mass is 215 g/mol.